The molecule has 0 saturated heterocycles. The molecule has 1 rings (SSSR count). The maximum absolute atomic E-state index is 8.38. The highest BCUT2D eigenvalue weighted by molar-refractivity contribution is 5.51. The van der Waals surface area contributed by atoms with E-state index in [-0.39, 0.29) is 0 Å². The first kappa shape index (κ1) is 5.10. The van der Waals surface area contributed by atoms with Crippen LogP contribution in [0.1, 0.15) is 6.92 Å². The first-order valence-electron chi connectivity index (χ1n) is 2.33. The monoisotopic (exact) mass is 110 g/mol. The maximum Gasteiger partial charge on any atom is 0.181 e. The molecule has 0 N–H and O–H groups in total. The molecule has 0 aromatic heterocycles. The van der Waals surface area contributed by atoms with Crippen molar-refractivity contribution in [3.05, 3.63) is 0 Å². The molecule has 0 fully saturated rings. The van der Waals surface area contributed by atoms with Crippen molar-refractivity contribution < 1.29 is 4.74 Å². The summed E-state index contributed by atoms with van der Waals surface area (Å²) in [6.07, 6.45) is 1.32. The van der Waals surface area contributed by atoms with E-state index in [1.807, 2.05) is 6.07 Å². The molecular formula is C5H6N2O. The van der Waals surface area contributed by atoms with Crippen LogP contribution in [0.15, 0.2) is 4.99 Å². The van der Waals surface area contributed by atoms with Crippen LogP contribution in [-0.4, -0.2) is 18.5 Å². The Bertz CT molecular complexity index is 158. The van der Waals surface area contributed by atoms with Crippen LogP contribution in [0.25, 0.3) is 0 Å². The Morgan fingerprint density at radius 2 is 2.75 bits per heavy atom. The Hall–Kier alpha value is -1.04. The van der Waals surface area contributed by atoms with Gasteiger partial charge in [-0.1, -0.05) is 0 Å². The molecule has 1 aliphatic rings. The molecule has 8 heavy (non-hydrogen) atoms. The molecule has 0 aromatic rings. The summed E-state index contributed by atoms with van der Waals surface area (Å²) in [5.41, 5.74) is -0.611. The summed E-state index contributed by atoms with van der Waals surface area (Å²) >= 11 is 0. The van der Waals surface area contributed by atoms with Crippen LogP contribution in [0.5, 0.6) is 0 Å². The quantitative estimate of drug-likeness (QED) is 0.451. The smallest absolute Gasteiger partial charge is 0.181 e. The van der Waals surface area contributed by atoms with Crippen molar-refractivity contribution in [1.29, 1.82) is 5.26 Å². The van der Waals surface area contributed by atoms with E-state index >= 15 is 0 Å². The summed E-state index contributed by atoms with van der Waals surface area (Å²) in [7, 11) is 0. The zero-order valence-electron chi connectivity index (χ0n) is 4.59. The van der Waals surface area contributed by atoms with Crippen molar-refractivity contribution in [2.45, 2.75) is 12.5 Å². The van der Waals surface area contributed by atoms with E-state index < -0.39 is 5.54 Å². The fourth-order valence-electron chi connectivity index (χ4n) is 0.452. The van der Waals surface area contributed by atoms with Gasteiger partial charge in [-0.2, -0.15) is 5.26 Å². The lowest BCUT2D eigenvalue weighted by Crippen LogP contribution is -2.20. The van der Waals surface area contributed by atoms with E-state index in [4.69, 9.17) is 10.00 Å². The standard InChI is InChI=1S/C5H6N2O/c1-5(2-6)3-8-4-7-5/h4H,3H2,1H3. The zero-order valence-corrected chi connectivity index (χ0v) is 4.59. The minimum absolute atomic E-state index is 0.392. The lowest BCUT2D eigenvalue weighted by atomic mass is 10.1. The molecule has 0 aliphatic carbocycles. The molecule has 0 aromatic carbocycles. The number of hydrogen-bond acceptors (Lipinski definition) is 3. The number of hydrogen-bond donors (Lipinski definition) is 0. The lowest BCUT2D eigenvalue weighted by Gasteiger charge is -2.04. The van der Waals surface area contributed by atoms with Gasteiger partial charge >= 0.3 is 0 Å². The van der Waals surface area contributed by atoms with E-state index in [2.05, 4.69) is 4.99 Å². The minimum atomic E-state index is -0.611. The second-order valence-corrected chi connectivity index (χ2v) is 1.93. The van der Waals surface area contributed by atoms with Gasteiger partial charge in [-0.15, -0.1) is 0 Å². The molecule has 0 radical (unpaired) electrons. The Kier molecular flexibility index (Phi) is 0.943. The van der Waals surface area contributed by atoms with Crippen LogP contribution in [0.3, 0.4) is 0 Å². The number of aliphatic imine (C=N–C) groups is 1. The molecule has 3 nitrogen and oxygen atoms in total. The summed E-state index contributed by atoms with van der Waals surface area (Å²) < 4.78 is 4.74. The average molecular weight is 110 g/mol. The third-order valence-corrected chi connectivity index (χ3v) is 1.02. The van der Waals surface area contributed by atoms with Gasteiger partial charge in [0.2, 0.25) is 0 Å². The van der Waals surface area contributed by atoms with Gasteiger partial charge < -0.3 is 4.74 Å². The van der Waals surface area contributed by atoms with E-state index in [0.29, 0.717) is 6.61 Å². The van der Waals surface area contributed by atoms with E-state index in [1.54, 1.807) is 6.92 Å². The largest absolute Gasteiger partial charge is 0.480 e. The van der Waals surface area contributed by atoms with Gasteiger partial charge in [0.25, 0.3) is 0 Å². The summed E-state index contributed by atoms with van der Waals surface area (Å²) in [6.45, 7) is 2.12. The third kappa shape index (κ3) is 0.648. The molecular weight excluding hydrogens is 104 g/mol. The third-order valence-electron chi connectivity index (χ3n) is 1.02. The second kappa shape index (κ2) is 1.48. The summed E-state index contributed by atoms with van der Waals surface area (Å²) in [5.74, 6) is 0. The zero-order chi connectivity index (χ0) is 6.04. The van der Waals surface area contributed by atoms with Crippen LogP contribution in [-0.2, 0) is 4.74 Å². The van der Waals surface area contributed by atoms with Gasteiger partial charge in [0.05, 0.1) is 6.07 Å². The Balaban J connectivity index is 2.72. The molecule has 0 amide bonds. The van der Waals surface area contributed by atoms with E-state index in [1.165, 1.54) is 6.40 Å². The highest BCUT2D eigenvalue weighted by atomic mass is 16.5. The molecule has 0 saturated carbocycles. The lowest BCUT2D eigenvalue weighted by molar-refractivity contribution is 0.307. The number of nitrogens with zero attached hydrogens (tertiary/aromatic N) is 2. The Morgan fingerprint density at radius 1 is 2.00 bits per heavy atom. The van der Waals surface area contributed by atoms with Crippen molar-refractivity contribution in [2.24, 2.45) is 4.99 Å². The minimum Gasteiger partial charge on any atom is -0.480 e. The Morgan fingerprint density at radius 3 is 3.00 bits per heavy atom. The fourth-order valence-corrected chi connectivity index (χ4v) is 0.452. The van der Waals surface area contributed by atoms with Crippen LogP contribution in [0.4, 0.5) is 0 Å². The van der Waals surface area contributed by atoms with E-state index in [0.717, 1.165) is 0 Å². The number of ether oxygens (including phenoxy) is 1. The van der Waals surface area contributed by atoms with Crippen molar-refractivity contribution in [2.75, 3.05) is 6.61 Å². The van der Waals surface area contributed by atoms with Crippen molar-refractivity contribution in [3.8, 4) is 6.07 Å². The van der Waals surface area contributed by atoms with Gasteiger partial charge in [0, 0.05) is 0 Å². The van der Waals surface area contributed by atoms with Gasteiger partial charge in [-0.25, -0.2) is 4.99 Å². The molecule has 1 heterocycles. The van der Waals surface area contributed by atoms with Crippen molar-refractivity contribution in [3.63, 3.8) is 0 Å². The molecule has 1 aliphatic heterocycles. The molecule has 0 spiro atoms. The molecule has 1 atom stereocenters. The van der Waals surface area contributed by atoms with Crippen LogP contribution in [0, 0.1) is 11.3 Å². The first-order valence-corrected chi connectivity index (χ1v) is 2.33. The normalized spacial score (nSPS) is 34.0. The predicted octanol–water partition coefficient (Wildman–Crippen LogP) is 0.327. The number of rotatable bonds is 0. The average Bonchev–Trinajstić information content (AvgIpc) is 2.17. The maximum atomic E-state index is 8.38. The molecule has 42 valence electrons. The second-order valence-electron chi connectivity index (χ2n) is 1.93. The van der Waals surface area contributed by atoms with Gasteiger partial charge in [0.15, 0.2) is 11.9 Å². The molecule has 1 unspecified atom stereocenters. The van der Waals surface area contributed by atoms with Crippen LogP contribution in [0.2, 0.25) is 0 Å². The fraction of sp³-hybridized carbons (Fsp3) is 0.600. The van der Waals surface area contributed by atoms with Crippen LogP contribution < -0.4 is 0 Å². The molecule has 3 heteroatoms. The SMILES string of the molecule is CC1(C#N)COC=N1. The molecule has 0 bridgehead atoms. The number of nitriles is 1. The van der Waals surface area contributed by atoms with Gasteiger partial charge in [-0.3, -0.25) is 0 Å². The van der Waals surface area contributed by atoms with E-state index in [9.17, 15) is 0 Å². The Labute approximate surface area is 47.6 Å². The summed E-state index contributed by atoms with van der Waals surface area (Å²) in [6, 6.07) is 2.02. The van der Waals surface area contributed by atoms with Gasteiger partial charge in [-0.05, 0) is 6.92 Å². The first-order chi connectivity index (χ1) is 3.77. The van der Waals surface area contributed by atoms with Crippen LogP contribution >= 0.6 is 0 Å². The topological polar surface area (TPSA) is 45.4 Å². The highest BCUT2D eigenvalue weighted by Gasteiger charge is 2.26. The summed E-state index contributed by atoms with van der Waals surface area (Å²) in [5, 5.41) is 8.38. The van der Waals surface area contributed by atoms with Gasteiger partial charge in [0.1, 0.15) is 6.61 Å². The predicted molar refractivity (Wildman–Crippen MR) is 28.5 cm³/mol. The summed E-state index contributed by atoms with van der Waals surface area (Å²) in [4.78, 5) is 3.78. The van der Waals surface area contributed by atoms with Crippen molar-refractivity contribution in [1.82, 2.24) is 0 Å². The van der Waals surface area contributed by atoms with Crippen molar-refractivity contribution >= 4 is 6.40 Å². The highest BCUT2D eigenvalue weighted by Crippen LogP contribution is 2.12.